The Labute approximate surface area is 427 Å². The highest BCUT2D eigenvalue weighted by Gasteiger charge is 2.47. The number of nitrogens with zero attached hydrogens (tertiary/aromatic N) is 2. The van der Waals surface area contributed by atoms with Crippen molar-refractivity contribution >= 4 is 27.2 Å². The molecule has 0 aliphatic heterocycles. The maximum Gasteiger partial charge on any atom is 0.142 e. The van der Waals surface area contributed by atoms with Crippen molar-refractivity contribution in [3.8, 4) is 28.0 Å². The van der Waals surface area contributed by atoms with Gasteiger partial charge >= 0.3 is 0 Å². The van der Waals surface area contributed by atoms with E-state index in [1.807, 2.05) is 0 Å². The monoisotopic (exact) mass is 976 g/mol. The molecule has 10 nitrogen and oxygen atoms in total. The molecular formula is C62H75N2O8+. The molecule has 7 aromatic carbocycles. The second kappa shape index (κ2) is 24.4. The quantitative estimate of drug-likeness (QED) is 0.0307. The predicted molar refractivity (Wildman–Crippen MR) is 292 cm³/mol. The summed E-state index contributed by atoms with van der Waals surface area (Å²) in [5, 5.41) is 14.1. The lowest BCUT2D eigenvalue weighted by atomic mass is 9.66. The lowest BCUT2D eigenvalue weighted by Crippen LogP contribution is -2.38. The Kier molecular flexibility index (Phi) is 17.8. The zero-order chi connectivity index (χ0) is 50.7. The average molecular weight is 976 g/mol. The van der Waals surface area contributed by atoms with Crippen LogP contribution < -0.4 is 9.64 Å². The Bertz CT molecular complexity index is 2870. The van der Waals surface area contributed by atoms with E-state index in [1.54, 1.807) is 7.11 Å². The van der Waals surface area contributed by atoms with Crippen LogP contribution >= 0.6 is 0 Å². The summed E-state index contributed by atoms with van der Waals surface area (Å²) in [5.74, 6) is 0.796. The average Bonchev–Trinajstić information content (AvgIpc) is 3.67. The summed E-state index contributed by atoms with van der Waals surface area (Å²) < 4.78 is 41.5. The summed E-state index contributed by atoms with van der Waals surface area (Å²) in [5.41, 5.74) is 14.9. The molecule has 10 heteroatoms. The minimum Gasteiger partial charge on any atom is -0.489 e. The van der Waals surface area contributed by atoms with Gasteiger partial charge < -0.3 is 47.6 Å². The van der Waals surface area contributed by atoms with Gasteiger partial charge in [-0.15, -0.1) is 0 Å². The van der Waals surface area contributed by atoms with E-state index in [4.69, 9.17) is 38.3 Å². The summed E-state index contributed by atoms with van der Waals surface area (Å²) in [6, 6.07) is 45.9. The molecule has 0 radical (unpaired) electrons. The van der Waals surface area contributed by atoms with Gasteiger partial charge in [0.15, 0.2) is 0 Å². The van der Waals surface area contributed by atoms with Gasteiger partial charge in [0.1, 0.15) is 18.9 Å². The van der Waals surface area contributed by atoms with Crippen LogP contribution in [0.4, 0.5) is 5.69 Å². The zero-order valence-electron chi connectivity index (χ0n) is 43.9. The minimum atomic E-state index is -0.734. The first-order valence-electron chi connectivity index (χ1n) is 25.6. The van der Waals surface area contributed by atoms with Gasteiger partial charge in [-0.05, 0) is 122 Å². The number of aliphatic hydroxyl groups is 1. The first kappa shape index (κ1) is 52.7. The molecule has 7 aromatic rings. The number of aliphatic hydroxyl groups excluding tert-OH is 1. The van der Waals surface area contributed by atoms with Crippen molar-refractivity contribution in [1.82, 2.24) is 0 Å². The summed E-state index contributed by atoms with van der Waals surface area (Å²) in [6.07, 6.45) is 0. The Hall–Kier alpha value is -5.66. The van der Waals surface area contributed by atoms with Gasteiger partial charge in [-0.25, -0.2) is 0 Å². The van der Waals surface area contributed by atoms with E-state index in [0.717, 1.165) is 40.1 Å². The molecule has 380 valence electrons. The van der Waals surface area contributed by atoms with Crippen LogP contribution in [0.1, 0.15) is 51.4 Å². The fourth-order valence-corrected chi connectivity index (χ4v) is 10.3. The highest BCUT2D eigenvalue weighted by Crippen LogP contribution is 2.58. The molecule has 0 aromatic heterocycles. The summed E-state index contributed by atoms with van der Waals surface area (Å²) in [6.45, 7) is 14.0. The molecule has 1 aliphatic carbocycles. The molecule has 8 rings (SSSR count). The van der Waals surface area contributed by atoms with E-state index in [-0.39, 0.29) is 6.61 Å². The molecule has 72 heavy (non-hydrogen) atoms. The minimum absolute atomic E-state index is 0.00346. The summed E-state index contributed by atoms with van der Waals surface area (Å²) in [7, 11) is 10.5. The van der Waals surface area contributed by atoms with Crippen molar-refractivity contribution in [2.75, 3.05) is 126 Å². The summed E-state index contributed by atoms with van der Waals surface area (Å²) >= 11 is 0. The number of ether oxygens (including phenoxy) is 7. The van der Waals surface area contributed by atoms with Crippen molar-refractivity contribution in [2.45, 2.75) is 39.3 Å². The lowest BCUT2D eigenvalue weighted by Gasteiger charge is -2.36. The third-order valence-corrected chi connectivity index (χ3v) is 14.3. The largest absolute Gasteiger partial charge is 0.489 e. The zero-order valence-corrected chi connectivity index (χ0v) is 43.9. The molecule has 1 aliphatic rings. The molecule has 0 amide bonds. The lowest BCUT2D eigenvalue weighted by molar-refractivity contribution is -0.901. The van der Waals surface area contributed by atoms with Crippen LogP contribution in [0.15, 0.2) is 121 Å². The van der Waals surface area contributed by atoms with Gasteiger partial charge in [0.2, 0.25) is 0 Å². The molecule has 1 unspecified atom stereocenters. The maximum atomic E-state index is 9.04. The van der Waals surface area contributed by atoms with E-state index >= 15 is 0 Å². The van der Waals surface area contributed by atoms with Gasteiger partial charge in [-0.3, -0.25) is 0 Å². The topological polar surface area (TPSA) is 88.1 Å². The molecule has 0 bridgehead atoms. The summed E-state index contributed by atoms with van der Waals surface area (Å²) in [4.78, 5) is 2.16. The molecule has 0 saturated carbocycles. The number of aryl methyl sites for hydroxylation is 2. The molecule has 0 fully saturated rings. The fraction of sp³-hybridized carbons (Fsp3) is 0.387. The van der Waals surface area contributed by atoms with E-state index in [1.165, 1.54) is 77.2 Å². The van der Waals surface area contributed by atoms with Crippen LogP contribution in [0.3, 0.4) is 0 Å². The van der Waals surface area contributed by atoms with Crippen LogP contribution in [0.2, 0.25) is 0 Å². The molecular weight excluding hydrogens is 901 g/mol. The number of rotatable bonds is 27. The highest BCUT2D eigenvalue weighted by atomic mass is 16.6. The Morgan fingerprint density at radius 2 is 1.11 bits per heavy atom. The van der Waals surface area contributed by atoms with Crippen LogP contribution in [-0.4, -0.2) is 131 Å². The van der Waals surface area contributed by atoms with Crippen LogP contribution in [0, 0.1) is 13.8 Å². The number of benzene rings is 7. The SMILES string of the molecule is CC[N+](C)(C)Cc1cc(C2(c3ccc(OCCOCCOCCOC)c(N(C)C)c3)c3cc(C)ccc3-c3ccc(-c4c5ccccc5c(C)c5ccccc45)cc32)ccc1COCCOCCOCCO. The van der Waals surface area contributed by atoms with Gasteiger partial charge in [0.25, 0.3) is 0 Å². The standard InChI is InChI=1S/C62H75N2O8/c1-9-64(6,7)42-48-39-49(21-19-47(48)43-71-35-34-69-31-30-67-27-26-65)62(50-22-25-60(59(41-50)63(4)5)72-37-36-70-33-32-68-29-28-66-8)57-38-44(2)18-23-53(57)54-24-20-46(40-58(54)62)61-55-16-12-10-14-51(55)45(3)52-15-11-13-17-56(52)61/h10-25,38-41,65H,9,26-37,42-43H2,1-8H3/q+1. The van der Waals surface area contributed by atoms with Crippen molar-refractivity contribution in [3.05, 3.63) is 166 Å². The van der Waals surface area contributed by atoms with Gasteiger partial charge in [0, 0.05) is 26.8 Å². The Morgan fingerprint density at radius 1 is 0.556 bits per heavy atom. The van der Waals surface area contributed by atoms with Gasteiger partial charge in [0.05, 0.1) is 111 Å². The fourth-order valence-electron chi connectivity index (χ4n) is 10.3. The first-order valence-corrected chi connectivity index (χ1v) is 25.6. The molecule has 0 heterocycles. The van der Waals surface area contributed by atoms with E-state index in [0.29, 0.717) is 79.3 Å². The Morgan fingerprint density at radius 3 is 1.74 bits per heavy atom. The van der Waals surface area contributed by atoms with Crippen molar-refractivity contribution in [1.29, 1.82) is 0 Å². The van der Waals surface area contributed by atoms with Crippen LogP contribution in [0.5, 0.6) is 5.75 Å². The van der Waals surface area contributed by atoms with E-state index < -0.39 is 5.41 Å². The first-order chi connectivity index (χ1) is 35.0. The Balaban J connectivity index is 1.29. The molecule has 0 spiro atoms. The third-order valence-electron chi connectivity index (χ3n) is 14.3. The number of methoxy groups -OCH3 is 1. The number of fused-ring (bicyclic) bond motifs is 5. The van der Waals surface area contributed by atoms with E-state index in [2.05, 4.69) is 175 Å². The maximum absolute atomic E-state index is 9.04. The van der Waals surface area contributed by atoms with Crippen LogP contribution in [0.25, 0.3) is 43.8 Å². The van der Waals surface area contributed by atoms with Crippen molar-refractivity contribution in [3.63, 3.8) is 0 Å². The van der Waals surface area contributed by atoms with Gasteiger partial charge in [-0.2, -0.15) is 0 Å². The van der Waals surface area contributed by atoms with Crippen molar-refractivity contribution < 1.29 is 42.7 Å². The predicted octanol–water partition coefficient (Wildman–Crippen LogP) is 10.9. The second-order valence-electron chi connectivity index (χ2n) is 19.7. The van der Waals surface area contributed by atoms with Crippen molar-refractivity contribution in [2.24, 2.45) is 0 Å². The molecule has 0 saturated heterocycles. The second-order valence-corrected chi connectivity index (χ2v) is 19.7. The molecule has 1 atom stereocenters. The van der Waals surface area contributed by atoms with Gasteiger partial charge in [-0.1, -0.05) is 103 Å². The normalized spacial score (nSPS) is 14.3. The molecule has 1 N–H and O–H groups in total. The smallest absolute Gasteiger partial charge is 0.142 e. The number of anilines is 1. The van der Waals surface area contributed by atoms with Crippen LogP contribution in [-0.2, 0) is 47.0 Å². The highest BCUT2D eigenvalue weighted by molar-refractivity contribution is 6.15. The third kappa shape index (κ3) is 11.4. The number of hydrogen-bond donors (Lipinski definition) is 1. The van der Waals surface area contributed by atoms with E-state index in [9.17, 15) is 0 Å². The number of quaternary nitrogens is 1. The number of hydrogen-bond acceptors (Lipinski definition) is 9.